The second-order valence-corrected chi connectivity index (χ2v) is 7.41. The summed E-state index contributed by atoms with van der Waals surface area (Å²) in [5.74, 6) is -0.707. The Balaban J connectivity index is 1.69. The average Bonchev–Trinajstić information content (AvgIpc) is 3.31. The minimum Gasteiger partial charge on any atom is -0.508 e. The second kappa shape index (κ2) is 9.65. The molecule has 2 N–H and O–H groups in total. The number of ether oxygens (including phenoxy) is 2. The van der Waals surface area contributed by atoms with Crippen molar-refractivity contribution < 1.29 is 28.6 Å². The zero-order valence-corrected chi connectivity index (χ0v) is 17.7. The minimum absolute atomic E-state index is 0.00380. The molecule has 0 saturated carbocycles. The van der Waals surface area contributed by atoms with E-state index in [4.69, 9.17) is 13.9 Å². The van der Waals surface area contributed by atoms with Gasteiger partial charge in [0.05, 0.1) is 24.0 Å². The number of nitrogens with one attached hydrogen (secondary N) is 1. The van der Waals surface area contributed by atoms with Crippen LogP contribution in [0.1, 0.15) is 40.5 Å². The van der Waals surface area contributed by atoms with E-state index in [9.17, 15) is 14.7 Å². The third kappa shape index (κ3) is 4.97. The van der Waals surface area contributed by atoms with E-state index in [-0.39, 0.29) is 35.5 Å². The van der Waals surface area contributed by atoms with Crippen LogP contribution in [0.2, 0.25) is 0 Å². The predicted octanol–water partition coefficient (Wildman–Crippen LogP) is 3.46. The highest BCUT2D eigenvalue weighted by Crippen LogP contribution is 2.20. The number of nitrogens with zero attached hydrogens (tertiary/aromatic N) is 1. The van der Waals surface area contributed by atoms with Crippen molar-refractivity contribution in [3.8, 4) is 5.75 Å². The van der Waals surface area contributed by atoms with Crippen LogP contribution in [-0.2, 0) is 9.47 Å². The van der Waals surface area contributed by atoms with Crippen molar-refractivity contribution in [3.63, 3.8) is 0 Å². The molecule has 3 aromatic rings. The fraction of sp³-hybridized carbons (Fsp3) is 0.292. The summed E-state index contributed by atoms with van der Waals surface area (Å²) >= 11 is 0. The van der Waals surface area contributed by atoms with Crippen LogP contribution in [-0.4, -0.2) is 42.8 Å². The molecule has 0 radical (unpaired) electrons. The number of phenols is 1. The van der Waals surface area contributed by atoms with E-state index in [1.807, 2.05) is 0 Å². The third-order valence-electron chi connectivity index (χ3n) is 5.10. The van der Waals surface area contributed by atoms with Gasteiger partial charge >= 0.3 is 5.97 Å². The van der Waals surface area contributed by atoms with Crippen molar-refractivity contribution in [2.45, 2.75) is 25.9 Å². The molecule has 0 spiro atoms. The number of aromatic hydroxyl groups is 1. The topological polar surface area (TPSA) is 110 Å². The van der Waals surface area contributed by atoms with Crippen LogP contribution < -0.4 is 10.9 Å². The summed E-state index contributed by atoms with van der Waals surface area (Å²) in [6, 6.07) is 12.8. The van der Waals surface area contributed by atoms with Crippen LogP contribution in [0.5, 0.6) is 5.75 Å². The van der Waals surface area contributed by atoms with Crippen molar-refractivity contribution in [3.05, 3.63) is 65.2 Å². The Morgan fingerprint density at radius 2 is 2.00 bits per heavy atom. The van der Waals surface area contributed by atoms with Crippen molar-refractivity contribution in [1.82, 2.24) is 5.32 Å². The monoisotopic (exact) mass is 436 g/mol. The van der Waals surface area contributed by atoms with Crippen molar-refractivity contribution in [1.29, 1.82) is 0 Å². The molecule has 4 rings (SSSR count). The van der Waals surface area contributed by atoms with Gasteiger partial charge in [-0.25, -0.2) is 9.79 Å². The lowest BCUT2D eigenvalue weighted by molar-refractivity contribution is 0.0526. The van der Waals surface area contributed by atoms with E-state index in [1.165, 1.54) is 12.1 Å². The first-order valence-corrected chi connectivity index (χ1v) is 10.5. The largest absolute Gasteiger partial charge is 0.508 e. The Morgan fingerprint density at radius 1 is 1.19 bits per heavy atom. The van der Waals surface area contributed by atoms with Gasteiger partial charge in [-0.2, -0.15) is 0 Å². The van der Waals surface area contributed by atoms with E-state index < -0.39 is 5.97 Å². The molecule has 1 aliphatic heterocycles. The number of amides is 1. The molecule has 1 saturated heterocycles. The van der Waals surface area contributed by atoms with Gasteiger partial charge in [0.1, 0.15) is 16.9 Å². The lowest BCUT2D eigenvalue weighted by Gasteiger charge is -2.11. The molecule has 8 nitrogen and oxygen atoms in total. The van der Waals surface area contributed by atoms with Crippen LogP contribution in [0.4, 0.5) is 5.69 Å². The Labute approximate surface area is 184 Å². The minimum atomic E-state index is -0.417. The van der Waals surface area contributed by atoms with Crippen molar-refractivity contribution >= 4 is 28.5 Å². The molecule has 0 unspecified atom stereocenters. The number of phenolic OH excluding ortho intramolecular Hbond substituents is 1. The van der Waals surface area contributed by atoms with Crippen molar-refractivity contribution in [2.75, 3.05) is 19.8 Å². The summed E-state index contributed by atoms with van der Waals surface area (Å²) in [4.78, 5) is 29.3. The molecule has 0 bridgehead atoms. The van der Waals surface area contributed by atoms with E-state index in [2.05, 4.69) is 10.3 Å². The summed E-state index contributed by atoms with van der Waals surface area (Å²) in [5, 5.41) is 13.3. The van der Waals surface area contributed by atoms with E-state index >= 15 is 0 Å². The molecular weight excluding hydrogens is 412 g/mol. The maximum Gasteiger partial charge on any atom is 0.338 e. The lowest BCUT2D eigenvalue weighted by atomic mass is 10.1. The highest BCUT2D eigenvalue weighted by atomic mass is 16.5. The molecule has 2 heterocycles. The van der Waals surface area contributed by atoms with Gasteiger partial charge in [-0.1, -0.05) is 0 Å². The smallest absolute Gasteiger partial charge is 0.338 e. The molecule has 1 aliphatic rings. The zero-order valence-electron chi connectivity index (χ0n) is 17.7. The van der Waals surface area contributed by atoms with Crippen LogP contribution >= 0.6 is 0 Å². The summed E-state index contributed by atoms with van der Waals surface area (Å²) in [5.41, 5.74) is 1.64. The summed E-state index contributed by atoms with van der Waals surface area (Å²) in [6.07, 6.45) is 1.90. The highest BCUT2D eigenvalue weighted by molar-refractivity contribution is 5.96. The Hall–Kier alpha value is -3.65. The van der Waals surface area contributed by atoms with Gasteiger partial charge < -0.3 is 24.3 Å². The number of fused-ring (bicyclic) bond motifs is 1. The number of carbonyl (C=O) groups is 2. The molecule has 32 heavy (non-hydrogen) atoms. The molecule has 1 aromatic heterocycles. The Morgan fingerprint density at radius 3 is 2.72 bits per heavy atom. The fourth-order valence-electron chi connectivity index (χ4n) is 3.46. The predicted molar refractivity (Wildman–Crippen MR) is 117 cm³/mol. The second-order valence-electron chi connectivity index (χ2n) is 7.41. The molecule has 2 aromatic carbocycles. The first kappa shape index (κ1) is 21.6. The van der Waals surface area contributed by atoms with Gasteiger partial charge in [0, 0.05) is 24.6 Å². The number of benzene rings is 2. The number of esters is 1. The molecule has 1 amide bonds. The van der Waals surface area contributed by atoms with E-state index in [0.717, 1.165) is 12.8 Å². The zero-order chi connectivity index (χ0) is 22.5. The maximum absolute atomic E-state index is 12.9. The van der Waals surface area contributed by atoms with Crippen LogP contribution in [0.25, 0.3) is 11.0 Å². The SMILES string of the molecule is CCOC(=O)c1ccc(N=c2oc3cc(O)ccc3cc2C(=O)NC[C@@H]2CCCO2)cc1. The van der Waals surface area contributed by atoms with Gasteiger partial charge in [-0.3, -0.25) is 4.79 Å². The highest BCUT2D eigenvalue weighted by Gasteiger charge is 2.19. The van der Waals surface area contributed by atoms with Gasteiger partial charge in [0.15, 0.2) is 0 Å². The fourth-order valence-corrected chi connectivity index (χ4v) is 3.46. The van der Waals surface area contributed by atoms with Crippen LogP contribution in [0.15, 0.2) is 57.9 Å². The lowest BCUT2D eigenvalue weighted by Crippen LogP contribution is -2.34. The van der Waals surface area contributed by atoms with E-state index in [1.54, 1.807) is 43.3 Å². The number of rotatable bonds is 6. The Kier molecular flexibility index (Phi) is 6.51. The van der Waals surface area contributed by atoms with Crippen LogP contribution in [0, 0.1) is 0 Å². The Bertz CT molecular complexity index is 1190. The first-order valence-electron chi connectivity index (χ1n) is 10.5. The molecule has 166 valence electrons. The molecule has 0 aliphatic carbocycles. The quantitative estimate of drug-likeness (QED) is 0.573. The van der Waals surface area contributed by atoms with Gasteiger partial charge in [0.2, 0.25) is 5.55 Å². The van der Waals surface area contributed by atoms with E-state index in [0.29, 0.717) is 35.4 Å². The number of hydrogen-bond acceptors (Lipinski definition) is 7. The maximum atomic E-state index is 12.9. The number of hydrogen-bond donors (Lipinski definition) is 2. The van der Waals surface area contributed by atoms with Gasteiger partial charge in [-0.05, 0) is 62.2 Å². The van der Waals surface area contributed by atoms with Gasteiger partial charge in [-0.15, -0.1) is 0 Å². The van der Waals surface area contributed by atoms with Crippen LogP contribution in [0.3, 0.4) is 0 Å². The number of carbonyl (C=O) groups excluding carboxylic acids is 2. The molecular formula is C24H24N2O6. The summed E-state index contributed by atoms with van der Waals surface area (Å²) in [6.45, 7) is 3.14. The third-order valence-corrected chi connectivity index (χ3v) is 5.10. The molecule has 8 heteroatoms. The molecule has 1 fully saturated rings. The summed E-state index contributed by atoms with van der Waals surface area (Å²) < 4.78 is 16.4. The average molecular weight is 436 g/mol. The normalized spacial score (nSPS) is 16.3. The molecule has 1 atom stereocenters. The first-order chi connectivity index (χ1) is 15.5. The standard InChI is InChI=1S/C24H24N2O6/c1-2-30-24(29)15-5-8-17(9-6-15)26-23-20(22(28)25-14-19-4-3-11-31-19)12-16-7-10-18(27)13-21(16)32-23/h5-10,12-13,19,27H,2-4,11,14H2,1H3,(H,25,28)/t19-/m0/s1. The van der Waals surface area contributed by atoms with Crippen molar-refractivity contribution in [2.24, 2.45) is 4.99 Å². The summed E-state index contributed by atoms with van der Waals surface area (Å²) in [7, 11) is 0. The van der Waals surface area contributed by atoms with Gasteiger partial charge in [0.25, 0.3) is 5.91 Å².